The van der Waals surface area contributed by atoms with E-state index in [4.69, 9.17) is 9.53 Å². The first-order chi connectivity index (χ1) is 18.3. The average Bonchev–Trinajstić information content (AvgIpc) is 2.90. The van der Waals surface area contributed by atoms with Gasteiger partial charge < -0.3 is 9.53 Å². The fourth-order valence-corrected chi connectivity index (χ4v) is 11.1. The van der Waals surface area contributed by atoms with Crippen LogP contribution in [-0.4, -0.2) is 37.0 Å². The number of hydrogen-bond donors (Lipinski definition) is 1. The Hall–Kier alpha value is -1.56. The highest BCUT2D eigenvalue weighted by Crippen LogP contribution is 2.38. The molecule has 0 bridgehead atoms. The lowest BCUT2D eigenvalue weighted by Crippen LogP contribution is -2.67. The molecule has 1 unspecified atom stereocenters. The molecular weight excluding hydrogens is 505 g/mol. The van der Waals surface area contributed by atoms with Crippen molar-refractivity contribution in [1.29, 1.82) is 0 Å². The number of aliphatic carboxylic acids is 1. The molecule has 0 fully saturated rings. The molecular formula is C33H52O3SSi. The number of unbranched alkanes of at least 4 members (excludes halogenated alkanes) is 8. The minimum absolute atomic E-state index is 0.0388. The van der Waals surface area contributed by atoms with Gasteiger partial charge in [0.2, 0.25) is 0 Å². The Morgan fingerprint density at radius 2 is 1.29 bits per heavy atom. The number of benzene rings is 2. The van der Waals surface area contributed by atoms with Crippen LogP contribution in [-0.2, 0) is 9.22 Å². The molecule has 0 aliphatic carbocycles. The predicted molar refractivity (Wildman–Crippen MR) is 169 cm³/mol. The molecule has 2 rings (SSSR count). The van der Waals surface area contributed by atoms with E-state index in [0.717, 1.165) is 18.6 Å². The summed E-state index contributed by atoms with van der Waals surface area (Å²) in [6.45, 7) is 9.30. The minimum Gasteiger partial charge on any atom is -0.481 e. The zero-order valence-corrected chi connectivity index (χ0v) is 26.2. The molecule has 5 heteroatoms. The fraction of sp³-hybridized carbons (Fsp3) is 0.606. The van der Waals surface area contributed by atoms with E-state index in [2.05, 4.69) is 88.4 Å². The van der Waals surface area contributed by atoms with Crippen LogP contribution in [0.4, 0.5) is 0 Å². The van der Waals surface area contributed by atoms with Crippen LogP contribution in [0.2, 0.25) is 5.04 Å². The normalized spacial score (nSPS) is 12.9. The summed E-state index contributed by atoms with van der Waals surface area (Å²) >= 11 is 1.75. The molecule has 1 atom stereocenters. The van der Waals surface area contributed by atoms with Gasteiger partial charge >= 0.3 is 5.97 Å². The van der Waals surface area contributed by atoms with Crippen molar-refractivity contribution < 1.29 is 14.3 Å². The quantitative estimate of drug-likeness (QED) is 0.131. The summed E-state index contributed by atoms with van der Waals surface area (Å²) in [6, 6.07) is 21.8. The Bertz CT molecular complexity index is 843. The van der Waals surface area contributed by atoms with E-state index in [0.29, 0.717) is 5.75 Å². The lowest BCUT2D eigenvalue weighted by Gasteiger charge is -2.45. The van der Waals surface area contributed by atoms with Crippen molar-refractivity contribution in [3.05, 3.63) is 60.7 Å². The molecule has 2 aromatic rings. The molecule has 0 aromatic heterocycles. The SMILES string of the molecule is CCCCCCCCCCCC(CCSCCC(=O)O)O[Si](c1ccccc1)(c1ccccc1)C(C)(C)C. The minimum atomic E-state index is -2.60. The Balaban J connectivity index is 2.17. The average molecular weight is 557 g/mol. The lowest BCUT2D eigenvalue weighted by molar-refractivity contribution is -0.136. The summed E-state index contributed by atoms with van der Waals surface area (Å²) in [5.41, 5.74) is 0. The van der Waals surface area contributed by atoms with E-state index in [1.54, 1.807) is 11.8 Å². The molecule has 0 aliphatic heterocycles. The zero-order chi connectivity index (χ0) is 27.7. The summed E-state index contributed by atoms with van der Waals surface area (Å²) in [7, 11) is -2.60. The molecule has 3 nitrogen and oxygen atoms in total. The van der Waals surface area contributed by atoms with Gasteiger partial charge in [0.15, 0.2) is 0 Å². The summed E-state index contributed by atoms with van der Waals surface area (Å²) in [5, 5.41) is 11.6. The summed E-state index contributed by atoms with van der Waals surface area (Å²) < 4.78 is 7.48. The fourth-order valence-electron chi connectivity index (χ4n) is 5.36. The molecule has 0 saturated heterocycles. The van der Waals surface area contributed by atoms with Gasteiger partial charge in [0, 0.05) is 11.9 Å². The van der Waals surface area contributed by atoms with Crippen LogP contribution >= 0.6 is 11.8 Å². The predicted octanol–water partition coefficient (Wildman–Crippen LogP) is 8.45. The van der Waals surface area contributed by atoms with Crippen molar-refractivity contribution in [2.75, 3.05) is 11.5 Å². The van der Waals surface area contributed by atoms with Crippen LogP contribution in [0, 0.1) is 0 Å². The summed E-state index contributed by atoms with van der Waals surface area (Å²) in [4.78, 5) is 11.0. The largest absolute Gasteiger partial charge is 0.481 e. The molecule has 0 spiro atoms. The number of thioether (sulfide) groups is 1. The number of hydrogen-bond acceptors (Lipinski definition) is 3. The number of rotatable bonds is 20. The standard InChI is InChI=1S/C33H52O3SSi/c1-5-6-7-8-9-10-11-12-15-20-29(25-27-37-28-26-32(34)35)36-38(33(2,3)4,30-21-16-13-17-22-30)31-23-18-14-19-24-31/h13-14,16-19,21-24,29H,5-12,15,20,25-28H2,1-4H3,(H,34,35). The number of carboxylic acid groups (broad SMARTS) is 1. The molecule has 38 heavy (non-hydrogen) atoms. The molecule has 0 heterocycles. The second kappa shape index (κ2) is 17.9. The zero-order valence-electron chi connectivity index (χ0n) is 24.4. The van der Waals surface area contributed by atoms with E-state index < -0.39 is 14.3 Å². The van der Waals surface area contributed by atoms with E-state index in [1.165, 1.54) is 68.2 Å². The maximum Gasteiger partial charge on any atom is 0.304 e. The van der Waals surface area contributed by atoms with Crippen LogP contribution in [0.15, 0.2) is 60.7 Å². The van der Waals surface area contributed by atoms with Gasteiger partial charge in [0.25, 0.3) is 8.32 Å². The van der Waals surface area contributed by atoms with Gasteiger partial charge in [-0.05, 0) is 34.0 Å². The van der Waals surface area contributed by atoms with Crippen LogP contribution in [0.3, 0.4) is 0 Å². The Kier molecular flexibility index (Phi) is 15.4. The summed E-state index contributed by atoms with van der Waals surface area (Å²) in [6.07, 6.45) is 14.3. The lowest BCUT2D eigenvalue weighted by atomic mass is 10.0. The molecule has 212 valence electrons. The summed E-state index contributed by atoms with van der Waals surface area (Å²) in [5.74, 6) is 0.889. The maximum atomic E-state index is 11.0. The molecule has 0 saturated carbocycles. The van der Waals surface area contributed by atoms with Gasteiger partial charge in [-0.25, -0.2) is 0 Å². The Morgan fingerprint density at radius 3 is 1.76 bits per heavy atom. The Labute approximate surface area is 238 Å². The third-order valence-electron chi connectivity index (χ3n) is 7.43. The van der Waals surface area contributed by atoms with Gasteiger partial charge in [0.05, 0.1) is 6.42 Å². The van der Waals surface area contributed by atoms with Crippen LogP contribution in [0.5, 0.6) is 0 Å². The van der Waals surface area contributed by atoms with Crippen molar-refractivity contribution in [2.45, 2.75) is 116 Å². The van der Waals surface area contributed by atoms with E-state index in [9.17, 15) is 4.79 Å². The second-order valence-electron chi connectivity index (χ2n) is 11.6. The van der Waals surface area contributed by atoms with Crippen molar-refractivity contribution >= 4 is 36.4 Å². The van der Waals surface area contributed by atoms with E-state index in [1.807, 2.05) is 0 Å². The Morgan fingerprint density at radius 1 is 0.789 bits per heavy atom. The number of carboxylic acids is 1. The first kappa shape index (κ1) is 32.6. The van der Waals surface area contributed by atoms with Crippen LogP contribution < -0.4 is 10.4 Å². The van der Waals surface area contributed by atoms with Crippen molar-refractivity contribution in [3.8, 4) is 0 Å². The first-order valence-corrected chi connectivity index (χ1v) is 18.0. The highest BCUT2D eigenvalue weighted by molar-refractivity contribution is 7.99. The molecule has 0 radical (unpaired) electrons. The highest BCUT2D eigenvalue weighted by Gasteiger charge is 2.51. The smallest absolute Gasteiger partial charge is 0.304 e. The first-order valence-electron chi connectivity index (χ1n) is 14.9. The van der Waals surface area contributed by atoms with Crippen LogP contribution in [0.1, 0.15) is 105 Å². The van der Waals surface area contributed by atoms with Gasteiger partial charge in [-0.1, -0.05) is 146 Å². The van der Waals surface area contributed by atoms with Crippen molar-refractivity contribution in [1.82, 2.24) is 0 Å². The van der Waals surface area contributed by atoms with Crippen molar-refractivity contribution in [2.24, 2.45) is 0 Å². The number of carbonyl (C=O) groups is 1. The third-order valence-corrected chi connectivity index (χ3v) is 13.5. The van der Waals surface area contributed by atoms with Crippen LogP contribution in [0.25, 0.3) is 0 Å². The molecule has 0 amide bonds. The van der Waals surface area contributed by atoms with Gasteiger partial charge in [-0.15, -0.1) is 0 Å². The highest BCUT2D eigenvalue weighted by atomic mass is 32.2. The van der Waals surface area contributed by atoms with Gasteiger partial charge in [-0.3, -0.25) is 4.79 Å². The molecule has 1 N–H and O–H groups in total. The van der Waals surface area contributed by atoms with E-state index >= 15 is 0 Å². The van der Waals surface area contributed by atoms with Gasteiger partial charge in [-0.2, -0.15) is 11.8 Å². The maximum absolute atomic E-state index is 11.0. The monoisotopic (exact) mass is 556 g/mol. The molecule has 0 aliphatic rings. The van der Waals surface area contributed by atoms with Gasteiger partial charge in [0.1, 0.15) is 0 Å². The van der Waals surface area contributed by atoms with Crippen molar-refractivity contribution in [3.63, 3.8) is 0 Å². The topological polar surface area (TPSA) is 46.5 Å². The third kappa shape index (κ3) is 10.9. The molecule has 2 aromatic carbocycles. The van der Waals surface area contributed by atoms with E-state index in [-0.39, 0.29) is 17.6 Å². The second-order valence-corrected chi connectivity index (χ2v) is 17.0.